The highest BCUT2D eigenvalue weighted by atomic mass is 16.5. The second kappa shape index (κ2) is 5.69. The first-order valence-electron chi connectivity index (χ1n) is 7.32. The number of ether oxygens (including phenoxy) is 1. The number of anilines is 1. The highest BCUT2D eigenvalue weighted by molar-refractivity contribution is 5.70. The van der Waals surface area contributed by atoms with E-state index < -0.39 is 0 Å². The third-order valence-corrected chi connectivity index (χ3v) is 3.45. The van der Waals surface area contributed by atoms with Crippen molar-refractivity contribution >= 4 is 11.2 Å². The fourth-order valence-electron chi connectivity index (χ4n) is 2.50. The van der Waals surface area contributed by atoms with Crippen molar-refractivity contribution in [2.45, 2.75) is 26.5 Å². The molecule has 5 heteroatoms. The predicted octanol–water partition coefficient (Wildman–Crippen LogP) is 2.83. The molecule has 4 N–H and O–H groups in total. The van der Waals surface area contributed by atoms with E-state index in [0.717, 1.165) is 22.6 Å². The summed E-state index contributed by atoms with van der Waals surface area (Å²) >= 11 is 0. The molecule has 2 aromatic heterocycles. The number of fused-ring (bicyclic) bond motifs is 1. The summed E-state index contributed by atoms with van der Waals surface area (Å²) in [5.74, 6) is 1.53. The Morgan fingerprint density at radius 1 is 1.23 bits per heavy atom. The number of nitrogens with two attached hydrogens (primary N) is 2. The fourth-order valence-corrected chi connectivity index (χ4v) is 2.50. The third kappa shape index (κ3) is 2.51. The molecular formula is C17H20N4O. The smallest absolute Gasteiger partial charge is 0.144 e. The molecular weight excluding hydrogens is 276 g/mol. The van der Waals surface area contributed by atoms with Gasteiger partial charge in [-0.05, 0) is 44.2 Å². The number of imidazole rings is 1. The van der Waals surface area contributed by atoms with E-state index in [1.54, 1.807) is 0 Å². The van der Waals surface area contributed by atoms with E-state index in [-0.39, 0.29) is 6.10 Å². The molecule has 114 valence electrons. The SMILES string of the molecule is CC(C)Oc1ccc(-c2nc(CN)c3ccccn23)cc1N. The molecule has 0 bridgehead atoms. The number of aromatic nitrogens is 2. The van der Waals surface area contributed by atoms with Crippen LogP contribution in [0.2, 0.25) is 0 Å². The molecule has 3 aromatic rings. The average molecular weight is 296 g/mol. The Bertz CT molecular complexity index is 808. The summed E-state index contributed by atoms with van der Waals surface area (Å²) in [5, 5.41) is 0. The van der Waals surface area contributed by atoms with Crippen LogP contribution in [-0.4, -0.2) is 15.5 Å². The Labute approximate surface area is 129 Å². The monoisotopic (exact) mass is 296 g/mol. The molecule has 0 aliphatic rings. The minimum atomic E-state index is 0.0873. The van der Waals surface area contributed by atoms with Crippen molar-refractivity contribution < 1.29 is 4.74 Å². The fraction of sp³-hybridized carbons (Fsp3) is 0.235. The van der Waals surface area contributed by atoms with E-state index in [2.05, 4.69) is 4.98 Å². The number of nitrogen functional groups attached to an aromatic ring is 1. The molecule has 22 heavy (non-hydrogen) atoms. The summed E-state index contributed by atoms with van der Waals surface area (Å²) in [5.41, 5.74) is 15.3. The maximum atomic E-state index is 6.10. The van der Waals surface area contributed by atoms with Crippen molar-refractivity contribution in [3.63, 3.8) is 0 Å². The molecule has 3 rings (SSSR count). The van der Waals surface area contributed by atoms with Crippen molar-refractivity contribution in [2.24, 2.45) is 5.73 Å². The first-order chi connectivity index (χ1) is 10.6. The molecule has 0 fully saturated rings. The summed E-state index contributed by atoms with van der Waals surface area (Å²) in [4.78, 5) is 4.65. The Kier molecular flexibility index (Phi) is 3.73. The van der Waals surface area contributed by atoms with Crippen LogP contribution < -0.4 is 16.2 Å². The maximum Gasteiger partial charge on any atom is 0.144 e. The number of hydrogen-bond acceptors (Lipinski definition) is 4. The van der Waals surface area contributed by atoms with Gasteiger partial charge in [0.1, 0.15) is 11.6 Å². The van der Waals surface area contributed by atoms with Crippen LogP contribution in [0.4, 0.5) is 5.69 Å². The molecule has 0 saturated heterocycles. The normalized spacial score (nSPS) is 11.3. The molecule has 0 saturated carbocycles. The average Bonchev–Trinajstić information content (AvgIpc) is 2.88. The topological polar surface area (TPSA) is 78.6 Å². The van der Waals surface area contributed by atoms with Crippen LogP contribution in [0.3, 0.4) is 0 Å². The zero-order valence-electron chi connectivity index (χ0n) is 12.8. The van der Waals surface area contributed by atoms with Crippen LogP contribution in [0.5, 0.6) is 5.75 Å². The summed E-state index contributed by atoms with van der Waals surface area (Å²) in [6.45, 7) is 4.35. The first-order valence-corrected chi connectivity index (χ1v) is 7.32. The van der Waals surface area contributed by atoms with Gasteiger partial charge in [-0.1, -0.05) is 6.07 Å². The summed E-state index contributed by atoms with van der Waals surface area (Å²) in [7, 11) is 0. The second-order valence-corrected chi connectivity index (χ2v) is 5.46. The van der Waals surface area contributed by atoms with Crippen LogP contribution in [0.15, 0.2) is 42.6 Å². The number of pyridine rings is 1. The molecule has 0 amide bonds. The molecule has 2 heterocycles. The van der Waals surface area contributed by atoms with Gasteiger partial charge in [-0.3, -0.25) is 4.40 Å². The van der Waals surface area contributed by atoms with Crippen molar-refractivity contribution in [3.05, 3.63) is 48.3 Å². The van der Waals surface area contributed by atoms with Crippen molar-refractivity contribution in [1.82, 2.24) is 9.38 Å². The zero-order chi connectivity index (χ0) is 15.7. The lowest BCUT2D eigenvalue weighted by atomic mass is 10.1. The molecule has 0 unspecified atom stereocenters. The van der Waals surface area contributed by atoms with Crippen LogP contribution in [0, 0.1) is 0 Å². The predicted molar refractivity (Wildman–Crippen MR) is 88.7 cm³/mol. The Hall–Kier alpha value is -2.53. The van der Waals surface area contributed by atoms with Gasteiger partial charge in [0.05, 0.1) is 23.0 Å². The van der Waals surface area contributed by atoms with Crippen molar-refractivity contribution in [1.29, 1.82) is 0 Å². The largest absolute Gasteiger partial charge is 0.489 e. The number of nitrogens with zero attached hydrogens (tertiary/aromatic N) is 2. The second-order valence-electron chi connectivity index (χ2n) is 5.46. The summed E-state index contributed by atoms with van der Waals surface area (Å²) in [6.07, 6.45) is 2.06. The number of hydrogen-bond donors (Lipinski definition) is 2. The van der Waals surface area contributed by atoms with Gasteiger partial charge < -0.3 is 16.2 Å². The van der Waals surface area contributed by atoms with Gasteiger partial charge in [0.25, 0.3) is 0 Å². The van der Waals surface area contributed by atoms with Gasteiger partial charge in [0, 0.05) is 18.3 Å². The zero-order valence-corrected chi connectivity index (χ0v) is 12.8. The van der Waals surface area contributed by atoms with Crippen LogP contribution >= 0.6 is 0 Å². The van der Waals surface area contributed by atoms with E-state index in [1.165, 1.54) is 0 Å². The Morgan fingerprint density at radius 2 is 2.05 bits per heavy atom. The Morgan fingerprint density at radius 3 is 2.73 bits per heavy atom. The molecule has 0 aliphatic heterocycles. The number of benzene rings is 1. The first kappa shape index (κ1) is 14.4. The van der Waals surface area contributed by atoms with E-state index in [4.69, 9.17) is 16.2 Å². The van der Waals surface area contributed by atoms with E-state index in [9.17, 15) is 0 Å². The van der Waals surface area contributed by atoms with Crippen molar-refractivity contribution in [3.8, 4) is 17.1 Å². The standard InChI is InChI=1S/C17H20N4O/c1-11(2)22-16-7-6-12(9-13(16)19)17-20-14(10-18)15-5-3-4-8-21(15)17/h3-9,11H,10,18-19H2,1-2H3. The molecule has 5 nitrogen and oxygen atoms in total. The van der Waals surface area contributed by atoms with Gasteiger partial charge in [-0.2, -0.15) is 0 Å². The summed E-state index contributed by atoms with van der Waals surface area (Å²) in [6, 6.07) is 11.7. The molecule has 1 aromatic carbocycles. The van der Waals surface area contributed by atoms with E-state index in [0.29, 0.717) is 18.0 Å². The number of rotatable bonds is 4. The quantitative estimate of drug-likeness (QED) is 0.726. The maximum absolute atomic E-state index is 6.10. The van der Waals surface area contributed by atoms with Gasteiger partial charge in [0.15, 0.2) is 0 Å². The minimum absolute atomic E-state index is 0.0873. The molecule has 0 atom stereocenters. The van der Waals surface area contributed by atoms with E-state index >= 15 is 0 Å². The lowest BCUT2D eigenvalue weighted by Crippen LogP contribution is -2.07. The van der Waals surface area contributed by atoms with E-state index in [1.807, 2.05) is 60.8 Å². The molecule has 0 radical (unpaired) electrons. The van der Waals surface area contributed by atoms with Crippen LogP contribution in [0.25, 0.3) is 16.9 Å². The van der Waals surface area contributed by atoms with Gasteiger partial charge >= 0.3 is 0 Å². The highest BCUT2D eigenvalue weighted by Crippen LogP contribution is 2.30. The molecule has 0 aliphatic carbocycles. The lowest BCUT2D eigenvalue weighted by Gasteiger charge is -2.12. The third-order valence-electron chi connectivity index (χ3n) is 3.45. The Balaban J connectivity index is 2.10. The lowest BCUT2D eigenvalue weighted by molar-refractivity contribution is 0.244. The minimum Gasteiger partial charge on any atom is -0.489 e. The van der Waals surface area contributed by atoms with Crippen LogP contribution in [0.1, 0.15) is 19.5 Å². The van der Waals surface area contributed by atoms with Gasteiger partial charge in [0.2, 0.25) is 0 Å². The van der Waals surface area contributed by atoms with Crippen molar-refractivity contribution in [2.75, 3.05) is 5.73 Å². The van der Waals surface area contributed by atoms with Crippen LogP contribution in [-0.2, 0) is 6.54 Å². The van der Waals surface area contributed by atoms with Gasteiger partial charge in [-0.15, -0.1) is 0 Å². The molecule has 0 spiro atoms. The summed E-state index contributed by atoms with van der Waals surface area (Å²) < 4.78 is 7.71. The van der Waals surface area contributed by atoms with Gasteiger partial charge in [-0.25, -0.2) is 4.98 Å². The highest BCUT2D eigenvalue weighted by Gasteiger charge is 2.13.